The van der Waals surface area contributed by atoms with Gasteiger partial charge in [0.15, 0.2) is 5.79 Å². The van der Waals surface area contributed by atoms with Crippen LogP contribution in [0.15, 0.2) is 54.6 Å². The Morgan fingerprint density at radius 2 is 1.70 bits per heavy atom. The van der Waals surface area contributed by atoms with Gasteiger partial charge in [0.2, 0.25) is 5.79 Å². The molecule has 1 saturated heterocycles. The summed E-state index contributed by atoms with van der Waals surface area (Å²) in [6, 6.07) is 11.0. The molecule has 274 valence electrons. The Morgan fingerprint density at radius 3 is 2.32 bits per heavy atom. The van der Waals surface area contributed by atoms with Crippen LogP contribution in [0.3, 0.4) is 0 Å². The number of esters is 1. The number of cyclic esters (lactones) is 1. The Kier molecular flexibility index (Phi) is 12.1. The number of benzene rings is 2. The van der Waals surface area contributed by atoms with Crippen LogP contribution in [-0.4, -0.2) is 72.9 Å². The molecule has 0 radical (unpaired) electrons. The molecule has 0 spiro atoms. The van der Waals surface area contributed by atoms with E-state index in [1.54, 1.807) is 73.9 Å². The summed E-state index contributed by atoms with van der Waals surface area (Å²) in [6.45, 7) is 16.4. The lowest BCUT2D eigenvalue weighted by Crippen LogP contribution is -2.39. The SMILES string of the molecule is COc1ccc(CO[C@H](/C=C\[C@@H](C)[C@H](C)O)[C@@H]2OC(C)(C)O[C@H]2C/C=C/c2cc(N(C)C(=O)OC(C)(C)C)cc3c2C(=O)OC(C)(C)O3)cc1. The smallest absolute Gasteiger partial charge is 0.414 e. The second kappa shape index (κ2) is 15.6. The molecule has 11 nitrogen and oxygen atoms in total. The summed E-state index contributed by atoms with van der Waals surface area (Å²) in [7, 11) is 3.22. The lowest BCUT2D eigenvalue weighted by atomic mass is 9.99. The number of aliphatic hydroxyl groups is 1. The third-order valence-electron chi connectivity index (χ3n) is 8.25. The largest absolute Gasteiger partial charge is 0.497 e. The summed E-state index contributed by atoms with van der Waals surface area (Å²) < 4.78 is 41.7. The first kappa shape index (κ1) is 38.9. The van der Waals surface area contributed by atoms with Crippen molar-refractivity contribution in [1.82, 2.24) is 0 Å². The standard InChI is InChI=1S/C39H53NO10/c1-24(25(2)41)15-20-30(45-23-26-16-18-29(44-11)19-17-26)34-31(46-38(6,7)48-34)14-12-13-27-21-28(40(10)36(43)50-37(3,4)5)22-32-33(27)35(42)49-39(8,9)47-32/h12-13,15-22,24-25,30-31,34,41H,14,23H2,1-11H3/b13-12+,20-15-/t24-,25+,30-,31+,34+/m1/s1. The summed E-state index contributed by atoms with van der Waals surface area (Å²) >= 11 is 0. The number of anilines is 1. The van der Waals surface area contributed by atoms with Gasteiger partial charge in [0.05, 0.1) is 31.6 Å². The zero-order chi connectivity index (χ0) is 37.0. The molecule has 2 aromatic rings. The second-order valence-electron chi connectivity index (χ2n) is 14.7. The molecule has 2 heterocycles. The summed E-state index contributed by atoms with van der Waals surface area (Å²) in [5.74, 6) is -1.69. The number of methoxy groups -OCH3 is 1. The van der Waals surface area contributed by atoms with Crippen molar-refractivity contribution in [1.29, 1.82) is 0 Å². The Morgan fingerprint density at radius 1 is 1.02 bits per heavy atom. The van der Waals surface area contributed by atoms with Gasteiger partial charge in [-0.3, -0.25) is 4.90 Å². The van der Waals surface area contributed by atoms with E-state index in [4.69, 9.17) is 33.2 Å². The van der Waals surface area contributed by atoms with Gasteiger partial charge in [0.1, 0.15) is 34.9 Å². The van der Waals surface area contributed by atoms with Crippen molar-refractivity contribution in [3.05, 3.63) is 71.3 Å². The minimum absolute atomic E-state index is 0.111. The average molecular weight is 696 g/mol. The fourth-order valence-electron chi connectivity index (χ4n) is 5.51. The highest BCUT2D eigenvalue weighted by Gasteiger charge is 2.44. The molecule has 2 aromatic carbocycles. The molecule has 0 bridgehead atoms. The third kappa shape index (κ3) is 10.3. The number of amides is 1. The summed E-state index contributed by atoms with van der Waals surface area (Å²) in [5, 5.41) is 10.1. The number of aliphatic hydroxyl groups excluding tert-OH is 1. The summed E-state index contributed by atoms with van der Waals surface area (Å²) in [4.78, 5) is 27.6. The number of carbonyl (C=O) groups is 2. The second-order valence-corrected chi connectivity index (χ2v) is 14.7. The minimum Gasteiger partial charge on any atom is -0.497 e. The van der Waals surface area contributed by atoms with Gasteiger partial charge in [-0.2, -0.15) is 0 Å². The van der Waals surface area contributed by atoms with E-state index in [9.17, 15) is 14.7 Å². The van der Waals surface area contributed by atoms with Crippen LogP contribution < -0.4 is 14.4 Å². The van der Waals surface area contributed by atoms with Crippen molar-refractivity contribution >= 4 is 23.8 Å². The monoisotopic (exact) mass is 695 g/mol. The highest BCUT2D eigenvalue weighted by atomic mass is 16.8. The van der Waals surface area contributed by atoms with E-state index in [1.165, 1.54) is 4.90 Å². The number of rotatable bonds is 12. The van der Waals surface area contributed by atoms with E-state index < -0.39 is 53.7 Å². The van der Waals surface area contributed by atoms with E-state index >= 15 is 0 Å². The van der Waals surface area contributed by atoms with Crippen LogP contribution in [-0.2, 0) is 30.3 Å². The van der Waals surface area contributed by atoms with Gasteiger partial charge < -0.3 is 38.3 Å². The van der Waals surface area contributed by atoms with Gasteiger partial charge in [-0.15, -0.1) is 0 Å². The first-order chi connectivity index (χ1) is 23.3. The van der Waals surface area contributed by atoms with Gasteiger partial charge in [-0.1, -0.05) is 43.4 Å². The van der Waals surface area contributed by atoms with Gasteiger partial charge in [0.25, 0.3) is 0 Å². The van der Waals surface area contributed by atoms with Crippen LogP contribution in [0.1, 0.15) is 90.2 Å². The molecule has 5 atom stereocenters. The van der Waals surface area contributed by atoms with Crippen molar-refractivity contribution in [2.45, 2.75) is 117 Å². The molecule has 1 amide bonds. The molecular weight excluding hydrogens is 642 g/mol. The number of hydrogen-bond donors (Lipinski definition) is 1. The molecular formula is C39H53NO10. The average Bonchev–Trinajstić information content (AvgIpc) is 3.32. The Balaban J connectivity index is 1.63. The topological polar surface area (TPSA) is 122 Å². The van der Waals surface area contributed by atoms with Gasteiger partial charge in [-0.05, 0) is 83.2 Å². The van der Waals surface area contributed by atoms with Crippen LogP contribution in [0.5, 0.6) is 11.5 Å². The Labute approximate surface area is 296 Å². The molecule has 0 aromatic heterocycles. The molecule has 50 heavy (non-hydrogen) atoms. The minimum atomic E-state index is -1.19. The van der Waals surface area contributed by atoms with Crippen LogP contribution in [0, 0.1) is 5.92 Å². The lowest BCUT2D eigenvalue weighted by molar-refractivity contribution is -0.156. The first-order valence-corrected chi connectivity index (χ1v) is 17.0. The van der Waals surface area contributed by atoms with E-state index in [0.29, 0.717) is 30.0 Å². The third-order valence-corrected chi connectivity index (χ3v) is 8.25. The number of ether oxygens (including phenoxy) is 7. The van der Waals surface area contributed by atoms with Crippen molar-refractivity contribution in [3.63, 3.8) is 0 Å². The maximum Gasteiger partial charge on any atom is 0.414 e. The van der Waals surface area contributed by atoms with Gasteiger partial charge in [-0.25, -0.2) is 9.59 Å². The van der Waals surface area contributed by atoms with Crippen molar-refractivity contribution in [2.75, 3.05) is 19.1 Å². The number of hydrogen-bond acceptors (Lipinski definition) is 10. The van der Waals surface area contributed by atoms with E-state index in [0.717, 1.165) is 11.3 Å². The highest BCUT2D eigenvalue weighted by Crippen LogP contribution is 2.39. The van der Waals surface area contributed by atoms with Crippen molar-refractivity contribution in [3.8, 4) is 11.5 Å². The van der Waals surface area contributed by atoms with Crippen LogP contribution >= 0.6 is 0 Å². The first-order valence-electron chi connectivity index (χ1n) is 17.0. The number of carbonyl (C=O) groups excluding carboxylic acids is 2. The molecule has 1 N–H and O–H groups in total. The van der Waals surface area contributed by atoms with Crippen LogP contribution in [0.2, 0.25) is 0 Å². The highest BCUT2D eigenvalue weighted by molar-refractivity contribution is 5.99. The van der Waals surface area contributed by atoms with Crippen molar-refractivity contribution < 1.29 is 47.9 Å². The summed E-state index contributed by atoms with van der Waals surface area (Å²) in [6.07, 6.45) is 5.40. The summed E-state index contributed by atoms with van der Waals surface area (Å²) in [5.41, 5.74) is 1.49. The molecule has 0 aliphatic carbocycles. The Hall–Kier alpha value is -3.90. The molecule has 2 aliphatic rings. The van der Waals surface area contributed by atoms with E-state index in [-0.39, 0.29) is 11.5 Å². The molecule has 0 unspecified atom stereocenters. The fourth-order valence-corrected chi connectivity index (χ4v) is 5.51. The fraction of sp³-hybridized carbons (Fsp3) is 0.538. The maximum absolute atomic E-state index is 13.2. The van der Waals surface area contributed by atoms with Gasteiger partial charge in [0, 0.05) is 27.0 Å². The molecule has 2 aliphatic heterocycles. The zero-order valence-electron chi connectivity index (χ0n) is 31.1. The number of fused-ring (bicyclic) bond motifs is 1. The molecule has 1 fully saturated rings. The maximum atomic E-state index is 13.2. The molecule has 0 saturated carbocycles. The quantitative estimate of drug-likeness (QED) is 0.177. The normalized spacial score (nSPS) is 21.6. The predicted octanol–water partition coefficient (Wildman–Crippen LogP) is 7.43. The predicted molar refractivity (Wildman–Crippen MR) is 190 cm³/mol. The molecule has 11 heteroatoms. The van der Waals surface area contributed by atoms with Crippen LogP contribution in [0.4, 0.5) is 10.5 Å². The lowest BCUT2D eigenvalue weighted by Gasteiger charge is -2.33. The van der Waals surface area contributed by atoms with Crippen LogP contribution in [0.25, 0.3) is 6.08 Å². The van der Waals surface area contributed by atoms with E-state index in [2.05, 4.69) is 0 Å². The van der Waals surface area contributed by atoms with Gasteiger partial charge >= 0.3 is 12.1 Å². The van der Waals surface area contributed by atoms with E-state index in [1.807, 2.05) is 63.3 Å². The number of nitrogens with zero attached hydrogens (tertiary/aromatic N) is 1. The molecule has 4 rings (SSSR count). The van der Waals surface area contributed by atoms with Crippen molar-refractivity contribution in [2.24, 2.45) is 5.92 Å². The Bertz CT molecular complexity index is 1550. The zero-order valence-corrected chi connectivity index (χ0v) is 31.1.